The number of benzene rings is 10. The molecule has 0 unspecified atom stereocenters. The van der Waals surface area contributed by atoms with Crippen LogP contribution in [0.4, 0.5) is 17.1 Å². The molecule has 11 aromatic rings. The topological polar surface area (TPSA) is 8.17 Å². The Morgan fingerprint density at radius 3 is 1.56 bits per heavy atom. The molecule has 1 aromatic heterocycles. The molecule has 0 atom stereocenters. The van der Waals surface area contributed by atoms with Crippen molar-refractivity contribution in [1.82, 2.24) is 4.57 Å². The Bertz CT molecular complexity index is 3500. The molecule has 0 radical (unpaired) electrons. The summed E-state index contributed by atoms with van der Waals surface area (Å²) in [6.45, 7) is 0. The van der Waals surface area contributed by atoms with Crippen LogP contribution in [-0.2, 0) is 5.41 Å². The van der Waals surface area contributed by atoms with Crippen molar-refractivity contribution < 1.29 is 0 Å². The lowest BCUT2D eigenvalue weighted by atomic mass is 9.70. The molecule has 1 heterocycles. The van der Waals surface area contributed by atoms with E-state index in [0.29, 0.717) is 0 Å². The summed E-state index contributed by atoms with van der Waals surface area (Å²) in [6.07, 6.45) is 0. The molecule has 0 bridgehead atoms. The van der Waals surface area contributed by atoms with Crippen molar-refractivity contribution >= 4 is 38.9 Å². The first-order chi connectivity index (χ1) is 31.3. The summed E-state index contributed by atoms with van der Waals surface area (Å²) in [5.74, 6) is 0. The Kier molecular flexibility index (Phi) is 7.85. The highest BCUT2D eigenvalue weighted by Crippen LogP contribution is 2.63. The van der Waals surface area contributed by atoms with Crippen LogP contribution in [0.5, 0.6) is 0 Å². The van der Waals surface area contributed by atoms with Crippen molar-refractivity contribution in [2.45, 2.75) is 5.41 Å². The number of aromatic nitrogens is 1. The van der Waals surface area contributed by atoms with Crippen LogP contribution >= 0.6 is 0 Å². The minimum atomic E-state index is -0.461. The summed E-state index contributed by atoms with van der Waals surface area (Å²) in [5.41, 5.74) is 21.6. The van der Waals surface area contributed by atoms with Gasteiger partial charge in [0.25, 0.3) is 0 Å². The Labute approximate surface area is 367 Å². The lowest BCUT2D eigenvalue weighted by molar-refractivity contribution is 0.793. The number of hydrogen-bond donors (Lipinski definition) is 0. The van der Waals surface area contributed by atoms with E-state index in [1.807, 2.05) is 0 Å². The standard InChI is InChI=1S/C61H40N2/c1-4-19-41(20-5-1)42-21-18-22-43(39-42)59-57(37-38-58-60(59)51-30-13-17-34-56(51)63(58)45-25-8-3-9-26-45)62(44-23-6-2-7-24-44)46-35-36-50-49-29-12-16-33-54(49)61(55(50)40-46)52-31-14-10-27-47(52)48-28-11-15-32-53(48)61/h1-40H. The fourth-order valence-electron chi connectivity index (χ4n) is 11.1. The van der Waals surface area contributed by atoms with Gasteiger partial charge in [0.1, 0.15) is 0 Å². The zero-order valence-electron chi connectivity index (χ0n) is 34.5. The molecule has 63 heavy (non-hydrogen) atoms. The third-order valence-corrected chi connectivity index (χ3v) is 13.6. The fourth-order valence-corrected chi connectivity index (χ4v) is 11.1. The fraction of sp³-hybridized carbons (Fsp3) is 0.0164. The molecule has 294 valence electrons. The Balaban J connectivity index is 1.13. The Morgan fingerprint density at radius 2 is 0.873 bits per heavy atom. The molecule has 2 heteroatoms. The first kappa shape index (κ1) is 35.5. The van der Waals surface area contributed by atoms with Crippen LogP contribution in [0.2, 0.25) is 0 Å². The highest BCUT2D eigenvalue weighted by Gasteiger charge is 2.51. The number of hydrogen-bond acceptors (Lipinski definition) is 1. The molecular formula is C61H40N2. The van der Waals surface area contributed by atoms with E-state index in [1.54, 1.807) is 0 Å². The van der Waals surface area contributed by atoms with Gasteiger partial charge in [-0.3, -0.25) is 0 Å². The summed E-state index contributed by atoms with van der Waals surface area (Å²) < 4.78 is 2.43. The van der Waals surface area contributed by atoms with E-state index in [9.17, 15) is 0 Å². The molecule has 0 saturated heterocycles. The quantitative estimate of drug-likeness (QED) is 0.163. The number of rotatable bonds is 6. The maximum atomic E-state index is 2.50. The van der Waals surface area contributed by atoms with Gasteiger partial charge in [-0.25, -0.2) is 0 Å². The molecule has 1 spiro atoms. The predicted octanol–water partition coefficient (Wildman–Crippen LogP) is 15.9. The van der Waals surface area contributed by atoms with Gasteiger partial charge >= 0.3 is 0 Å². The Morgan fingerprint density at radius 1 is 0.333 bits per heavy atom. The van der Waals surface area contributed by atoms with Crippen molar-refractivity contribution in [3.63, 3.8) is 0 Å². The van der Waals surface area contributed by atoms with Crippen LogP contribution in [-0.4, -0.2) is 4.57 Å². The molecule has 10 aromatic carbocycles. The van der Waals surface area contributed by atoms with E-state index >= 15 is 0 Å². The van der Waals surface area contributed by atoms with E-state index in [0.717, 1.165) is 28.3 Å². The van der Waals surface area contributed by atoms with Gasteiger partial charge in [0.2, 0.25) is 0 Å². The summed E-state index contributed by atoms with van der Waals surface area (Å²) >= 11 is 0. The average Bonchev–Trinajstić information content (AvgIpc) is 3.97. The van der Waals surface area contributed by atoms with Crippen LogP contribution in [0.25, 0.3) is 72.0 Å². The smallest absolute Gasteiger partial charge is 0.0726 e. The summed E-state index contributed by atoms with van der Waals surface area (Å²) in [6, 6.07) is 89.6. The normalized spacial score (nSPS) is 12.9. The number of nitrogens with zero attached hydrogens (tertiary/aromatic N) is 2. The molecule has 2 nitrogen and oxygen atoms in total. The van der Waals surface area contributed by atoms with Crippen molar-refractivity contribution in [3.8, 4) is 50.2 Å². The molecule has 0 amide bonds. The van der Waals surface area contributed by atoms with Crippen LogP contribution in [0.15, 0.2) is 243 Å². The van der Waals surface area contributed by atoms with E-state index in [2.05, 4.69) is 252 Å². The first-order valence-electron chi connectivity index (χ1n) is 21.9. The van der Waals surface area contributed by atoms with Gasteiger partial charge in [-0.05, 0) is 122 Å². The van der Waals surface area contributed by atoms with Gasteiger partial charge < -0.3 is 9.47 Å². The second kappa shape index (κ2) is 13.9. The lowest BCUT2D eigenvalue weighted by Gasteiger charge is -2.33. The summed E-state index contributed by atoms with van der Waals surface area (Å²) in [5, 5.41) is 2.44. The van der Waals surface area contributed by atoms with Gasteiger partial charge in [0, 0.05) is 33.4 Å². The second-order valence-corrected chi connectivity index (χ2v) is 16.8. The highest BCUT2D eigenvalue weighted by molar-refractivity contribution is 6.19. The predicted molar refractivity (Wildman–Crippen MR) is 263 cm³/mol. The highest BCUT2D eigenvalue weighted by atomic mass is 15.1. The maximum Gasteiger partial charge on any atom is 0.0726 e. The molecule has 13 rings (SSSR count). The molecular weight excluding hydrogens is 761 g/mol. The number of fused-ring (bicyclic) bond motifs is 13. The zero-order valence-corrected chi connectivity index (χ0v) is 34.5. The molecule has 0 N–H and O–H groups in total. The lowest BCUT2D eigenvalue weighted by Crippen LogP contribution is -2.26. The Hall–Kier alpha value is -8.20. The van der Waals surface area contributed by atoms with Gasteiger partial charge in [0.15, 0.2) is 0 Å². The third kappa shape index (κ3) is 5.13. The molecule has 0 fully saturated rings. The van der Waals surface area contributed by atoms with Gasteiger partial charge in [-0.1, -0.05) is 182 Å². The monoisotopic (exact) mass is 800 g/mol. The number of para-hydroxylation sites is 3. The largest absolute Gasteiger partial charge is 0.310 e. The van der Waals surface area contributed by atoms with Gasteiger partial charge in [-0.2, -0.15) is 0 Å². The van der Waals surface area contributed by atoms with E-state index in [1.165, 1.54) is 83.0 Å². The van der Waals surface area contributed by atoms with Gasteiger partial charge in [0.05, 0.1) is 22.1 Å². The van der Waals surface area contributed by atoms with Crippen molar-refractivity contribution in [2.75, 3.05) is 4.90 Å². The van der Waals surface area contributed by atoms with Crippen LogP contribution < -0.4 is 4.90 Å². The third-order valence-electron chi connectivity index (χ3n) is 13.6. The SMILES string of the molecule is c1ccc(-c2cccc(-c3c(N(c4ccccc4)c4ccc5c(c4)C4(c6ccccc6-c6ccccc64)c4ccccc4-5)ccc4c3c3ccccc3n4-c3ccccc3)c2)cc1. The molecule has 0 saturated carbocycles. The molecule has 2 aliphatic rings. The summed E-state index contributed by atoms with van der Waals surface area (Å²) in [4.78, 5) is 2.50. The number of anilines is 3. The van der Waals surface area contributed by atoms with E-state index in [-0.39, 0.29) is 0 Å². The van der Waals surface area contributed by atoms with Crippen molar-refractivity contribution in [3.05, 3.63) is 265 Å². The minimum absolute atomic E-state index is 0.461. The molecule has 2 aliphatic carbocycles. The van der Waals surface area contributed by atoms with Gasteiger partial charge in [-0.15, -0.1) is 0 Å². The van der Waals surface area contributed by atoms with E-state index < -0.39 is 5.41 Å². The van der Waals surface area contributed by atoms with Crippen molar-refractivity contribution in [1.29, 1.82) is 0 Å². The van der Waals surface area contributed by atoms with E-state index in [4.69, 9.17) is 0 Å². The van der Waals surface area contributed by atoms with Crippen LogP contribution in [0, 0.1) is 0 Å². The maximum absolute atomic E-state index is 2.50. The van der Waals surface area contributed by atoms with Crippen LogP contribution in [0.3, 0.4) is 0 Å². The molecule has 0 aliphatic heterocycles. The first-order valence-corrected chi connectivity index (χ1v) is 21.9. The second-order valence-electron chi connectivity index (χ2n) is 16.8. The minimum Gasteiger partial charge on any atom is -0.310 e. The zero-order chi connectivity index (χ0) is 41.5. The van der Waals surface area contributed by atoms with Crippen molar-refractivity contribution in [2.24, 2.45) is 0 Å². The summed E-state index contributed by atoms with van der Waals surface area (Å²) in [7, 11) is 0. The average molecular weight is 801 g/mol. The van der Waals surface area contributed by atoms with Crippen LogP contribution in [0.1, 0.15) is 22.3 Å².